The SMILES string of the molecule is Cc1nn(-c2cc(N)nc(N)n2)cc1Cl. The van der Waals surface area contributed by atoms with Crippen LogP contribution < -0.4 is 11.5 Å². The number of rotatable bonds is 1. The van der Waals surface area contributed by atoms with Gasteiger partial charge in [0.05, 0.1) is 16.9 Å². The molecule has 2 rings (SSSR count). The van der Waals surface area contributed by atoms with Crippen molar-refractivity contribution in [3.05, 3.63) is 23.0 Å². The fourth-order valence-electron chi connectivity index (χ4n) is 1.15. The van der Waals surface area contributed by atoms with Crippen molar-refractivity contribution in [3.8, 4) is 5.82 Å². The highest BCUT2D eigenvalue weighted by Gasteiger charge is 2.06. The molecule has 7 heteroatoms. The van der Waals surface area contributed by atoms with E-state index in [0.717, 1.165) is 0 Å². The first-order valence-corrected chi connectivity index (χ1v) is 4.56. The Kier molecular flexibility index (Phi) is 2.20. The number of hydrogen-bond acceptors (Lipinski definition) is 5. The largest absolute Gasteiger partial charge is 0.383 e. The van der Waals surface area contributed by atoms with Crippen molar-refractivity contribution in [2.24, 2.45) is 0 Å². The lowest BCUT2D eigenvalue weighted by molar-refractivity contribution is 0.830. The van der Waals surface area contributed by atoms with Gasteiger partial charge in [-0.2, -0.15) is 15.1 Å². The van der Waals surface area contributed by atoms with Crippen LogP contribution in [0.1, 0.15) is 5.69 Å². The Bertz CT molecular complexity index is 466. The van der Waals surface area contributed by atoms with Crippen LogP contribution in [-0.4, -0.2) is 19.7 Å². The van der Waals surface area contributed by atoms with Crippen LogP contribution in [0.2, 0.25) is 5.02 Å². The van der Waals surface area contributed by atoms with E-state index in [1.54, 1.807) is 19.2 Å². The highest BCUT2D eigenvalue weighted by molar-refractivity contribution is 6.31. The maximum atomic E-state index is 5.87. The quantitative estimate of drug-likeness (QED) is 0.747. The third kappa shape index (κ3) is 1.84. The molecule has 0 atom stereocenters. The molecular formula is C8H9ClN6. The molecule has 0 unspecified atom stereocenters. The molecule has 0 amide bonds. The fourth-order valence-corrected chi connectivity index (χ4v) is 1.28. The average Bonchev–Trinajstić information content (AvgIpc) is 2.45. The second-order valence-corrected chi connectivity index (χ2v) is 3.42. The number of aromatic nitrogens is 4. The van der Waals surface area contributed by atoms with E-state index in [1.807, 2.05) is 0 Å². The molecule has 2 aromatic rings. The van der Waals surface area contributed by atoms with Crippen molar-refractivity contribution in [1.82, 2.24) is 19.7 Å². The number of anilines is 2. The van der Waals surface area contributed by atoms with E-state index < -0.39 is 0 Å². The van der Waals surface area contributed by atoms with Crippen LogP contribution >= 0.6 is 11.6 Å². The summed E-state index contributed by atoms with van der Waals surface area (Å²) in [5, 5.41) is 4.71. The zero-order valence-electron chi connectivity index (χ0n) is 7.98. The monoisotopic (exact) mass is 224 g/mol. The summed E-state index contributed by atoms with van der Waals surface area (Å²) in [5.41, 5.74) is 11.7. The van der Waals surface area contributed by atoms with Crippen molar-refractivity contribution in [1.29, 1.82) is 0 Å². The molecular weight excluding hydrogens is 216 g/mol. The van der Waals surface area contributed by atoms with Crippen molar-refractivity contribution in [2.75, 3.05) is 11.5 Å². The number of halogens is 1. The first-order chi connectivity index (χ1) is 7.06. The van der Waals surface area contributed by atoms with E-state index in [2.05, 4.69) is 15.1 Å². The number of aryl methyl sites for hydroxylation is 1. The van der Waals surface area contributed by atoms with Gasteiger partial charge >= 0.3 is 0 Å². The molecule has 0 aromatic carbocycles. The summed E-state index contributed by atoms with van der Waals surface area (Å²) >= 11 is 5.87. The Hall–Kier alpha value is -1.82. The van der Waals surface area contributed by atoms with Gasteiger partial charge in [-0.1, -0.05) is 11.6 Å². The van der Waals surface area contributed by atoms with Crippen LogP contribution in [0, 0.1) is 6.92 Å². The van der Waals surface area contributed by atoms with Crippen molar-refractivity contribution < 1.29 is 0 Å². The number of nitrogens with zero attached hydrogens (tertiary/aromatic N) is 4. The molecule has 2 heterocycles. The summed E-state index contributed by atoms with van der Waals surface area (Å²) in [5.74, 6) is 0.894. The van der Waals surface area contributed by atoms with E-state index >= 15 is 0 Å². The molecule has 0 saturated carbocycles. The Morgan fingerprint density at radius 1 is 1.33 bits per heavy atom. The predicted octanol–water partition coefficient (Wildman–Crippen LogP) is 0.789. The standard InChI is InChI=1S/C8H9ClN6/c1-4-5(9)3-15(14-4)7-2-6(10)12-8(11)13-7/h2-3H,1H3,(H4,10,11,12,13). The molecule has 15 heavy (non-hydrogen) atoms. The van der Waals surface area contributed by atoms with Crippen molar-refractivity contribution >= 4 is 23.4 Å². The van der Waals surface area contributed by atoms with Crippen LogP contribution in [0.25, 0.3) is 5.82 Å². The maximum Gasteiger partial charge on any atom is 0.224 e. The molecule has 0 fully saturated rings. The number of nitrogens with two attached hydrogens (primary N) is 2. The molecule has 78 valence electrons. The van der Waals surface area contributed by atoms with Crippen molar-refractivity contribution in [3.63, 3.8) is 0 Å². The van der Waals surface area contributed by atoms with Gasteiger partial charge in [0.2, 0.25) is 5.95 Å². The lowest BCUT2D eigenvalue weighted by Gasteiger charge is -2.01. The van der Waals surface area contributed by atoms with E-state index in [0.29, 0.717) is 22.4 Å². The molecule has 0 saturated heterocycles. The molecule has 0 bridgehead atoms. The molecule has 0 aliphatic heterocycles. The summed E-state index contributed by atoms with van der Waals surface area (Å²) in [6.45, 7) is 1.80. The van der Waals surface area contributed by atoms with Gasteiger partial charge in [-0.25, -0.2) is 4.68 Å². The van der Waals surface area contributed by atoms with Gasteiger partial charge in [-0.15, -0.1) is 0 Å². The highest BCUT2D eigenvalue weighted by Crippen LogP contribution is 2.16. The van der Waals surface area contributed by atoms with Gasteiger partial charge in [0.15, 0.2) is 5.82 Å². The predicted molar refractivity (Wildman–Crippen MR) is 57.7 cm³/mol. The van der Waals surface area contributed by atoms with E-state index in [4.69, 9.17) is 23.1 Å². The molecule has 0 aliphatic rings. The van der Waals surface area contributed by atoms with Gasteiger partial charge in [0.1, 0.15) is 5.82 Å². The third-order valence-corrected chi connectivity index (χ3v) is 2.19. The zero-order chi connectivity index (χ0) is 11.0. The Labute approximate surface area is 90.9 Å². The minimum Gasteiger partial charge on any atom is -0.383 e. The summed E-state index contributed by atoms with van der Waals surface area (Å²) in [7, 11) is 0. The fraction of sp³-hybridized carbons (Fsp3) is 0.125. The topological polar surface area (TPSA) is 95.6 Å². The van der Waals surface area contributed by atoms with E-state index in [1.165, 1.54) is 4.68 Å². The lowest BCUT2D eigenvalue weighted by atomic mass is 10.5. The maximum absolute atomic E-state index is 5.87. The van der Waals surface area contributed by atoms with Gasteiger partial charge < -0.3 is 11.5 Å². The third-order valence-electron chi connectivity index (χ3n) is 1.82. The van der Waals surface area contributed by atoms with Gasteiger partial charge in [0.25, 0.3) is 0 Å². The van der Waals surface area contributed by atoms with Crippen molar-refractivity contribution in [2.45, 2.75) is 6.92 Å². The Morgan fingerprint density at radius 2 is 2.07 bits per heavy atom. The lowest BCUT2D eigenvalue weighted by Crippen LogP contribution is -2.05. The minimum absolute atomic E-state index is 0.106. The van der Waals surface area contributed by atoms with Crippen LogP contribution in [0.3, 0.4) is 0 Å². The van der Waals surface area contributed by atoms with Gasteiger partial charge in [-0.05, 0) is 6.92 Å². The average molecular weight is 225 g/mol. The molecule has 0 radical (unpaired) electrons. The molecule has 6 nitrogen and oxygen atoms in total. The number of nitrogen functional groups attached to an aromatic ring is 2. The van der Waals surface area contributed by atoms with Crippen LogP contribution in [-0.2, 0) is 0 Å². The first kappa shape index (κ1) is 9.72. The summed E-state index contributed by atoms with van der Waals surface area (Å²) in [6, 6.07) is 1.57. The molecule has 2 aromatic heterocycles. The number of hydrogen-bond donors (Lipinski definition) is 2. The Morgan fingerprint density at radius 3 is 2.60 bits per heavy atom. The smallest absolute Gasteiger partial charge is 0.224 e. The van der Waals surface area contributed by atoms with Gasteiger partial charge in [-0.3, -0.25) is 0 Å². The highest BCUT2D eigenvalue weighted by atomic mass is 35.5. The molecule has 0 aliphatic carbocycles. The summed E-state index contributed by atoms with van der Waals surface area (Å²) in [6.07, 6.45) is 1.64. The van der Waals surface area contributed by atoms with Crippen LogP contribution in [0.4, 0.5) is 11.8 Å². The normalized spacial score (nSPS) is 10.5. The second-order valence-electron chi connectivity index (χ2n) is 3.02. The van der Waals surface area contributed by atoms with E-state index in [-0.39, 0.29) is 5.95 Å². The minimum atomic E-state index is 0.106. The zero-order valence-corrected chi connectivity index (χ0v) is 8.73. The first-order valence-electron chi connectivity index (χ1n) is 4.18. The molecule has 0 spiro atoms. The second kappa shape index (κ2) is 3.39. The van der Waals surface area contributed by atoms with E-state index in [9.17, 15) is 0 Å². The molecule has 4 N–H and O–H groups in total. The summed E-state index contributed by atoms with van der Waals surface area (Å²) < 4.78 is 1.51. The van der Waals surface area contributed by atoms with Crippen LogP contribution in [0.15, 0.2) is 12.3 Å². The van der Waals surface area contributed by atoms with Gasteiger partial charge in [0, 0.05) is 6.07 Å². The Balaban J connectivity index is 2.53. The van der Waals surface area contributed by atoms with Crippen LogP contribution in [0.5, 0.6) is 0 Å². The summed E-state index contributed by atoms with van der Waals surface area (Å²) in [4.78, 5) is 7.75.